The Morgan fingerprint density at radius 3 is 2.30 bits per heavy atom. The van der Waals surface area contributed by atoms with Crippen molar-refractivity contribution in [3.8, 4) is 23.2 Å². The van der Waals surface area contributed by atoms with E-state index in [2.05, 4.69) is 17.2 Å². The van der Waals surface area contributed by atoms with Crippen LogP contribution in [-0.4, -0.2) is 5.91 Å². The molecule has 163 valence electrons. The highest BCUT2D eigenvalue weighted by Gasteiger charge is 2.12. The van der Waals surface area contributed by atoms with Gasteiger partial charge in [0, 0.05) is 11.1 Å². The maximum Gasteiger partial charge on any atom is 0.287 e. The molecule has 1 amide bonds. The Kier molecular flexibility index (Phi) is 6.71. The summed E-state index contributed by atoms with van der Waals surface area (Å²) in [4.78, 5) is 12.4. The number of carbonyl (C=O) groups excluding carboxylic acids is 1. The first kappa shape index (κ1) is 22.1. The van der Waals surface area contributed by atoms with Gasteiger partial charge in [0.25, 0.3) is 5.91 Å². The van der Waals surface area contributed by atoms with E-state index in [1.807, 2.05) is 62.4 Å². The molecule has 0 aliphatic heterocycles. The summed E-state index contributed by atoms with van der Waals surface area (Å²) in [7, 11) is 0. The highest BCUT2D eigenvalue weighted by Crippen LogP contribution is 2.22. The first-order valence-corrected chi connectivity index (χ1v) is 10.6. The monoisotopic (exact) mass is 436 g/mol. The first-order chi connectivity index (χ1) is 16.0. The average Bonchev–Trinajstić information content (AvgIpc) is 3.30. The van der Waals surface area contributed by atoms with Crippen LogP contribution in [0.3, 0.4) is 0 Å². The standard InChI is InChI=1S/C29H23FNO2/c1-20-3-7-22(8-4-20)9-13-24-14-10-23(19-26(24)30)17-18-31-29(32)28-16-15-27(33-28)25-11-5-21(2)6-12-25/h3-8,10-12,14-16,18-19H,17H2,1-2H3,(H,31,32). The molecule has 4 aromatic rings. The van der Waals surface area contributed by atoms with Crippen LogP contribution in [0.15, 0.2) is 83.3 Å². The lowest BCUT2D eigenvalue weighted by Crippen LogP contribution is -2.20. The number of hydrogen-bond acceptors (Lipinski definition) is 2. The molecule has 4 heteroatoms. The minimum atomic E-state index is -0.388. The van der Waals surface area contributed by atoms with Gasteiger partial charge in [-0.1, -0.05) is 65.4 Å². The van der Waals surface area contributed by atoms with Crippen molar-refractivity contribution in [3.63, 3.8) is 0 Å². The summed E-state index contributed by atoms with van der Waals surface area (Å²) >= 11 is 0. The molecule has 0 aliphatic carbocycles. The van der Waals surface area contributed by atoms with Crippen LogP contribution in [-0.2, 0) is 6.42 Å². The highest BCUT2D eigenvalue weighted by molar-refractivity contribution is 5.92. The van der Waals surface area contributed by atoms with Gasteiger partial charge in [-0.2, -0.15) is 0 Å². The predicted octanol–water partition coefficient (Wildman–Crippen LogP) is 6.24. The Morgan fingerprint density at radius 2 is 1.61 bits per heavy atom. The number of carbonyl (C=O) groups is 1. The molecular formula is C29H23FNO2. The number of nitrogens with one attached hydrogen (secondary N) is 1. The van der Waals surface area contributed by atoms with Crippen LogP contribution in [0.5, 0.6) is 0 Å². The lowest BCUT2D eigenvalue weighted by Gasteiger charge is -2.04. The topological polar surface area (TPSA) is 42.2 Å². The molecule has 1 aromatic heterocycles. The van der Waals surface area contributed by atoms with Crippen molar-refractivity contribution in [2.45, 2.75) is 20.3 Å². The highest BCUT2D eigenvalue weighted by atomic mass is 19.1. The summed E-state index contributed by atoms with van der Waals surface area (Å²) in [5.74, 6) is 5.95. The second-order valence-corrected chi connectivity index (χ2v) is 7.84. The Labute approximate surface area is 193 Å². The molecule has 0 unspecified atom stereocenters. The van der Waals surface area contributed by atoms with Crippen LogP contribution >= 0.6 is 0 Å². The van der Waals surface area contributed by atoms with Gasteiger partial charge in [0.1, 0.15) is 11.6 Å². The van der Waals surface area contributed by atoms with E-state index < -0.39 is 0 Å². The van der Waals surface area contributed by atoms with Gasteiger partial charge in [0.15, 0.2) is 5.76 Å². The van der Waals surface area contributed by atoms with Crippen molar-refractivity contribution in [2.24, 2.45) is 0 Å². The molecule has 3 nitrogen and oxygen atoms in total. The maximum absolute atomic E-state index is 14.4. The fraction of sp³-hybridized carbons (Fsp3) is 0.103. The zero-order chi connectivity index (χ0) is 23.2. The number of hydrogen-bond donors (Lipinski definition) is 1. The van der Waals surface area contributed by atoms with Gasteiger partial charge in [-0.25, -0.2) is 4.39 Å². The molecule has 0 saturated carbocycles. The van der Waals surface area contributed by atoms with Gasteiger partial charge >= 0.3 is 0 Å². The van der Waals surface area contributed by atoms with Crippen molar-refractivity contribution < 1.29 is 13.6 Å². The van der Waals surface area contributed by atoms with Gasteiger partial charge < -0.3 is 9.73 Å². The van der Waals surface area contributed by atoms with Gasteiger partial charge in [-0.05, 0) is 62.2 Å². The Balaban J connectivity index is 1.32. The summed E-state index contributed by atoms with van der Waals surface area (Å²) in [5.41, 5.74) is 5.11. The summed E-state index contributed by atoms with van der Waals surface area (Å²) < 4.78 is 20.1. The third kappa shape index (κ3) is 5.78. The van der Waals surface area contributed by atoms with Crippen molar-refractivity contribution >= 4 is 5.91 Å². The number of halogens is 1. The maximum atomic E-state index is 14.4. The number of benzene rings is 3. The smallest absolute Gasteiger partial charge is 0.287 e. The summed E-state index contributed by atoms with van der Waals surface area (Å²) in [5, 5.41) is 2.70. The second kappa shape index (κ2) is 10.0. The molecule has 3 aromatic carbocycles. The van der Waals surface area contributed by atoms with Crippen LogP contribution < -0.4 is 5.32 Å². The van der Waals surface area contributed by atoms with Crippen LogP contribution in [0.25, 0.3) is 11.3 Å². The van der Waals surface area contributed by atoms with E-state index in [4.69, 9.17) is 4.42 Å². The molecule has 33 heavy (non-hydrogen) atoms. The largest absolute Gasteiger partial charge is 0.451 e. The molecule has 0 bridgehead atoms. The SMILES string of the molecule is Cc1ccc(C#Cc2ccc(C[CH]NC(=O)c3ccc(-c4ccc(C)cc4)o3)cc2F)cc1. The van der Waals surface area contributed by atoms with Crippen molar-refractivity contribution in [3.05, 3.63) is 125 Å². The third-order valence-corrected chi connectivity index (χ3v) is 5.16. The van der Waals surface area contributed by atoms with E-state index >= 15 is 0 Å². The van der Waals surface area contributed by atoms with E-state index in [-0.39, 0.29) is 17.5 Å². The summed E-state index contributed by atoms with van der Waals surface area (Å²) in [6.07, 6.45) is 0.375. The van der Waals surface area contributed by atoms with Gasteiger partial charge in [-0.3, -0.25) is 4.79 Å². The minimum Gasteiger partial charge on any atom is -0.451 e. The van der Waals surface area contributed by atoms with Crippen LogP contribution in [0.2, 0.25) is 0 Å². The van der Waals surface area contributed by atoms with E-state index in [0.29, 0.717) is 17.7 Å². The number of furan rings is 1. The van der Waals surface area contributed by atoms with Gasteiger partial charge in [-0.15, -0.1) is 0 Å². The second-order valence-electron chi connectivity index (χ2n) is 7.84. The number of aryl methyl sites for hydroxylation is 2. The summed E-state index contributed by atoms with van der Waals surface area (Å²) in [6, 6.07) is 23.9. The summed E-state index contributed by atoms with van der Waals surface area (Å²) in [6.45, 7) is 5.61. The molecule has 0 saturated heterocycles. The van der Waals surface area contributed by atoms with Crippen molar-refractivity contribution in [2.75, 3.05) is 0 Å². The fourth-order valence-corrected chi connectivity index (χ4v) is 3.23. The zero-order valence-corrected chi connectivity index (χ0v) is 18.5. The molecule has 1 heterocycles. The molecule has 1 N–H and O–H groups in total. The van der Waals surface area contributed by atoms with E-state index in [1.165, 1.54) is 6.07 Å². The molecule has 0 aliphatic rings. The number of rotatable bonds is 5. The molecule has 0 fully saturated rings. The van der Waals surface area contributed by atoms with Crippen molar-refractivity contribution in [1.82, 2.24) is 5.32 Å². The lowest BCUT2D eigenvalue weighted by molar-refractivity contribution is 0.0937. The Bertz CT molecular complexity index is 1320. The van der Waals surface area contributed by atoms with E-state index in [0.717, 1.165) is 27.8 Å². The quantitative estimate of drug-likeness (QED) is 0.377. The molecule has 4 rings (SSSR count). The third-order valence-electron chi connectivity index (χ3n) is 5.16. The predicted molar refractivity (Wildman–Crippen MR) is 128 cm³/mol. The van der Waals surface area contributed by atoms with Crippen LogP contribution in [0.4, 0.5) is 4.39 Å². The zero-order valence-electron chi connectivity index (χ0n) is 18.5. The van der Waals surface area contributed by atoms with Crippen LogP contribution in [0.1, 0.15) is 38.4 Å². The lowest BCUT2D eigenvalue weighted by atomic mass is 10.1. The molecule has 0 atom stereocenters. The molecule has 1 radical (unpaired) electrons. The van der Waals surface area contributed by atoms with Gasteiger partial charge in [0.2, 0.25) is 0 Å². The van der Waals surface area contributed by atoms with Crippen LogP contribution in [0, 0.1) is 38.1 Å². The molecule has 0 spiro atoms. The minimum absolute atomic E-state index is 0.217. The first-order valence-electron chi connectivity index (χ1n) is 10.6. The normalized spacial score (nSPS) is 10.4. The van der Waals surface area contributed by atoms with E-state index in [1.54, 1.807) is 30.8 Å². The average molecular weight is 437 g/mol. The fourth-order valence-electron chi connectivity index (χ4n) is 3.23. The molecular weight excluding hydrogens is 413 g/mol. The Hall–Kier alpha value is -4.10. The number of amides is 1. The van der Waals surface area contributed by atoms with Gasteiger partial charge in [0.05, 0.1) is 12.1 Å². The Morgan fingerprint density at radius 1 is 0.909 bits per heavy atom. The van der Waals surface area contributed by atoms with Crippen molar-refractivity contribution in [1.29, 1.82) is 0 Å². The van der Waals surface area contributed by atoms with E-state index in [9.17, 15) is 9.18 Å².